The first kappa shape index (κ1) is 24.6. The largest absolute Gasteiger partial charge is 0.393 e. The van der Waals surface area contributed by atoms with E-state index in [1.54, 1.807) is 0 Å². The fourth-order valence-electron chi connectivity index (χ4n) is 9.33. The molecule has 0 aromatic heterocycles. The number of rotatable bonds is 5. The number of allylic oxidation sites excluding steroid dienone is 1. The lowest BCUT2D eigenvalue weighted by Gasteiger charge is -2.65. The summed E-state index contributed by atoms with van der Waals surface area (Å²) in [5, 5.41) is 10.6. The molecule has 5 aliphatic rings. The summed E-state index contributed by atoms with van der Waals surface area (Å²) in [6, 6.07) is 0. The molecule has 1 N–H and O–H groups in total. The van der Waals surface area contributed by atoms with Crippen LogP contribution in [0.2, 0.25) is 0 Å². The quantitative estimate of drug-likeness (QED) is 0.339. The van der Waals surface area contributed by atoms with Crippen molar-refractivity contribution in [2.24, 2.45) is 46.3 Å². The lowest BCUT2D eigenvalue weighted by molar-refractivity contribution is -0.115. The van der Waals surface area contributed by atoms with E-state index < -0.39 is 20.2 Å². The minimum absolute atomic E-state index is 0.298. The van der Waals surface area contributed by atoms with E-state index in [0.717, 1.165) is 41.4 Å². The molecule has 1 heterocycles. The molecule has 3 saturated carbocycles. The normalized spacial score (nSPS) is 49.1. The zero-order chi connectivity index (χ0) is 23.8. The Morgan fingerprint density at radius 1 is 1.15 bits per heavy atom. The molecule has 6 heteroatoms. The molecule has 1 saturated heterocycles. The Morgan fingerprint density at radius 2 is 1.88 bits per heavy atom. The van der Waals surface area contributed by atoms with Crippen molar-refractivity contribution in [1.29, 1.82) is 0 Å². The van der Waals surface area contributed by atoms with Crippen LogP contribution < -0.4 is 0 Å². The van der Waals surface area contributed by atoms with E-state index in [-0.39, 0.29) is 5.41 Å². The van der Waals surface area contributed by atoms with E-state index in [9.17, 15) is 13.5 Å². The standard InChI is InChI=1S/C27H44O4S2/c1-17(2)7-6-8-18(3)22-11-12-23-21-10-9-19-15-20(28)16-27(31-33(29,30)32-27)26(19,5)24(21)13-14-25(22,23)4/h9,17-18,20-24,28H,6-8,10-16H2,1-5H3/t18-,20+,21+,22-,23+,24+,25-,26+,27?/m1/s1. The molecule has 4 aliphatic carbocycles. The molecule has 0 radical (unpaired) electrons. The molecule has 1 aliphatic heterocycles. The average molecular weight is 497 g/mol. The van der Waals surface area contributed by atoms with Crippen LogP contribution in [0.25, 0.3) is 0 Å². The summed E-state index contributed by atoms with van der Waals surface area (Å²) in [5.74, 6) is 4.15. The summed E-state index contributed by atoms with van der Waals surface area (Å²) in [4.78, 5) is -0.811. The third kappa shape index (κ3) is 3.71. The third-order valence-corrected chi connectivity index (χ3v) is 14.3. The smallest absolute Gasteiger partial charge is 0.326 e. The molecule has 4 fully saturated rings. The van der Waals surface area contributed by atoms with E-state index in [2.05, 4.69) is 40.7 Å². The van der Waals surface area contributed by atoms with Gasteiger partial charge < -0.3 is 5.11 Å². The summed E-state index contributed by atoms with van der Waals surface area (Å²) in [7, 11) is -2.54. The number of hydrogen-bond acceptors (Lipinski definition) is 5. The highest BCUT2D eigenvalue weighted by atomic mass is 33.2. The molecule has 0 aromatic carbocycles. The molecule has 0 bridgehead atoms. The molecule has 1 spiro atoms. The maximum atomic E-state index is 12.2. The Bertz CT molecular complexity index is 899. The van der Waals surface area contributed by atoms with Crippen molar-refractivity contribution < 1.29 is 17.7 Å². The second kappa shape index (κ2) is 8.24. The van der Waals surface area contributed by atoms with Crippen molar-refractivity contribution in [3.63, 3.8) is 0 Å². The molecule has 188 valence electrons. The lowest BCUT2D eigenvalue weighted by atomic mass is 9.46. The zero-order valence-electron chi connectivity index (χ0n) is 21.2. The maximum absolute atomic E-state index is 12.2. The van der Waals surface area contributed by atoms with Crippen LogP contribution in [-0.2, 0) is 13.3 Å². The predicted octanol–water partition coefficient (Wildman–Crippen LogP) is 6.70. The Balaban J connectivity index is 1.40. The SMILES string of the molecule is CC(C)CCC[C@@H](C)[C@H]1CC[C@H]2[C@@H]3CC=C4C[C@H](O)CC5(OS(=O)(=O)S5)[C@]4(C)[C@H]3CC[C@]12C. The molecule has 0 amide bonds. The van der Waals surface area contributed by atoms with Gasteiger partial charge in [-0.15, -0.1) is 0 Å². The first-order valence-electron chi connectivity index (χ1n) is 13.5. The van der Waals surface area contributed by atoms with Gasteiger partial charge in [0.2, 0.25) is 0 Å². The van der Waals surface area contributed by atoms with E-state index in [4.69, 9.17) is 4.18 Å². The average Bonchev–Trinajstić information content (AvgIpc) is 3.04. The third-order valence-electron chi connectivity index (χ3n) is 10.9. The van der Waals surface area contributed by atoms with Crippen molar-refractivity contribution in [1.82, 2.24) is 0 Å². The van der Waals surface area contributed by atoms with Gasteiger partial charge in [0.15, 0.2) is 4.93 Å². The van der Waals surface area contributed by atoms with Crippen LogP contribution in [0.5, 0.6) is 0 Å². The van der Waals surface area contributed by atoms with Crippen molar-refractivity contribution in [3.05, 3.63) is 11.6 Å². The highest BCUT2D eigenvalue weighted by Crippen LogP contribution is 2.73. The summed E-state index contributed by atoms with van der Waals surface area (Å²) < 4.78 is 30.1. The Labute approximate surface area is 205 Å². The predicted molar refractivity (Wildman–Crippen MR) is 135 cm³/mol. The van der Waals surface area contributed by atoms with Gasteiger partial charge in [-0.3, -0.25) is 0 Å². The van der Waals surface area contributed by atoms with Crippen LogP contribution >= 0.6 is 10.8 Å². The molecule has 5 rings (SSSR count). The monoisotopic (exact) mass is 496 g/mol. The molecular weight excluding hydrogens is 452 g/mol. The van der Waals surface area contributed by atoms with Crippen molar-refractivity contribution in [2.45, 2.75) is 110 Å². The summed E-state index contributed by atoms with van der Waals surface area (Å²) >= 11 is 0. The molecule has 4 nitrogen and oxygen atoms in total. The van der Waals surface area contributed by atoms with Crippen LogP contribution in [0, 0.1) is 46.3 Å². The van der Waals surface area contributed by atoms with Crippen LogP contribution in [-0.4, -0.2) is 24.6 Å². The Kier molecular flexibility index (Phi) is 6.16. The summed E-state index contributed by atoms with van der Waals surface area (Å²) in [5.41, 5.74) is 1.36. The number of fused-ring (bicyclic) bond motifs is 6. The van der Waals surface area contributed by atoms with Gasteiger partial charge in [0.25, 0.3) is 0 Å². The molecule has 33 heavy (non-hydrogen) atoms. The fourth-order valence-corrected chi connectivity index (χ4v) is 13.2. The van der Waals surface area contributed by atoms with Gasteiger partial charge in [-0.2, -0.15) is 8.42 Å². The highest BCUT2D eigenvalue weighted by Gasteiger charge is 2.71. The first-order valence-corrected chi connectivity index (χ1v) is 16.2. The van der Waals surface area contributed by atoms with Gasteiger partial charge in [0.1, 0.15) is 0 Å². The lowest BCUT2D eigenvalue weighted by Crippen LogP contribution is -2.65. The topological polar surface area (TPSA) is 63.6 Å². The van der Waals surface area contributed by atoms with E-state index in [0.29, 0.717) is 36.0 Å². The van der Waals surface area contributed by atoms with Crippen LogP contribution in [0.4, 0.5) is 0 Å². The van der Waals surface area contributed by atoms with Crippen LogP contribution in [0.15, 0.2) is 11.6 Å². The minimum Gasteiger partial charge on any atom is -0.393 e. The molecule has 0 aromatic rings. The zero-order valence-corrected chi connectivity index (χ0v) is 22.8. The fraction of sp³-hybridized carbons (Fsp3) is 0.926. The number of aliphatic hydroxyl groups is 1. The minimum atomic E-state index is -3.53. The highest BCUT2D eigenvalue weighted by molar-refractivity contribution is 8.73. The van der Waals surface area contributed by atoms with Gasteiger partial charge in [0, 0.05) is 22.6 Å². The van der Waals surface area contributed by atoms with Gasteiger partial charge in [0.05, 0.1) is 6.10 Å². The second-order valence-corrected chi connectivity index (χ2v) is 16.5. The second-order valence-electron chi connectivity index (χ2n) is 13.0. The van der Waals surface area contributed by atoms with Crippen molar-refractivity contribution >= 4 is 19.9 Å². The first-order chi connectivity index (χ1) is 15.4. The Hall–Kier alpha value is -0.0400. The van der Waals surface area contributed by atoms with Crippen molar-refractivity contribution in [2.75, 3.05) is 0 Å². The summed E-state index contributed by atoms with van der Waals surface area (Å²) in [6.45, 7) is 12.0. The van der Waals surface area contributed by atoms with Crippen molar-refractivity contribution in [3.8, 4) is 0 Å². The summed E-state index contributed by atoms with van der Waals surface area (Å²) in [6.07, 6.45) is 13.2. The number of hydrogen-bond donors (Lipinski definition) is 1. The van der Waals surface area contributed by atoms with E-state index in [1.807, 2.05) is 0 Å². The van der Waals surface area contributed by atoms with E-state index >= 15 is 0 Å². The molecule has 1 unspecified atom stereocenters. The van der Waals surface area contributed by atoms with Gasteiger partial charge in [-0.25, -0.2) is 4.18 Å². The maximum Gasteiger partial charge on any atom is 0.326 e. The van der Waals surface area contributed by atoms with Crippen LogP contribution in [0.3, 0.4) is 0 Å². The van der Waals surface area contributed by atoms with Crippen LogP contribution in [0.1, 0.15) is 98.8 Å². The molecular formula is C27H44O4S2. The Morgan fingerprint density at radius 3 is 2.55 bits per heavy atom. The molecule has 9 atom stereocenters. The van der Waals surface area contributed by atoms with Gasteiger partial charge >= 0.3 is 9.15 Å². The van der Waals surface area contributed by atoms with Gasteiger partial charge in [-0.1, -0.05) is 65.5 Å². The van der Waals surface area contributed by atoms with E-state index in [1.165, 1.54) is 44.1 Å². The number of aliphatic hydroxyl groups excluding tert-OH is 1. The van der Waals surface area contributed by atoms with Gasteiger partial charge in [-0.05, 0) is 79.4 Å².